The van der Waals surface area contributed by atoms with Crippen molar-refractivity contribution in [3.63, 3.8) is 0 Å². The molecule has 0 aliphatic heterocycles. The molecule has 0 rings (SSSR count). The lowest BCUT2D eigenvalue weighted by Crippen LogP contribution is -2.53. The molecule has 0 radical (unpaired) electrons. The van der Waals surface area contributed by atoms with Crippen LogP contribution in [0.2, 0.25) is 0 Å². The molecule has 0 bridgehead atoms. The highest BCUT2D eigenvalue weighted by atomic mass is 16.3. The number of carbonyl (C=O) groups excluding carboxylic acids is 2. The van der Waals surface area contributed by atoms with E-state index in [9.17, 15) is 19.8 Å². The normalized spacial score (nSPS) is 12.9. The first-order valence-electron chi connectivity index (χ1n) is 5.04. The van der Waals surface area contributed by atoms with E-state index in [1.165, 1.54) is 0 Å². The van der Waals surface area contributed by atoms with Gasteiger partial charge in [0.25, 0.3) is 11.8 Å². The molecule has 2 atom stereocenters. The van der Waals surface area contributed by atoms with E-state index < -0.39 is 24.0 Å². The first-order chi connectivity index (χ1) is 8.25. The topological polar surface area (TPSA) is 123 Å². The van der Waals surface area contributed by atoms with Crippen LogP contribution in [0.1, 0.15) is 13.8 Å². The fourth-order valence-corrected chi connectivity index (χ4v) is 0.771. The first-order valence-corrected chi connectivity index (χ1v) is 5.04. The zero-order valence-corrected chi connectivity index (χ0v) is 10.3. The van der Waals surface area contributed by atoms with Gasteiger partial charge in [-0.1, -0.05) is 13.2 Å². The van der Waals surface area contributed by atoms with Gasteiger partial charge in [0.2, 0.25) is 0 Å². The molecular formula is C10H18N4O4. The van der Waals surface area contributed by atoms with Gasteiger partial charge in [0.1, 0.15) is 0 Å². The van der Waals surface area contributed by atoms with E-state index in [1.807, 2.05) is 0 Å². The molecule has 0 aliphatic rings. The van der Waals surface area contributed by atoms with Gasteiger partial charge in [-0.15, -0.1) is 0 Å². The van der Waals surface area contributed by atoms with Gasteiger partial charge in [0, 0.05) is 11.4 Å². The van der Waals surface area contributed by atoms with Gasteiger partial charge >= 0.3 is 0 Å². The van der Waals surface area contributed by atoms with Crippen molar-refractivity contribution in [2.24, 2.45) is 0 Å². The third-order valence-corrected chi connectivity index (χ3v) is 1.63. The summed E-state index contributed by atoms with van der Waals surface area (Å²) in [7, 11) is 0. The van der Waals surface area contributed by atoms with E-state index in [2.05, 4.69) is 34.9 Å². The number of hydrazine groups is 2. The summed E-state index contributed by atoms with van der Waals surface area (Å²) < 4.78 is 0. The molecule has 0 spiro atoms. The van der Waals surface area contributed by atoms with Crippen LogP contribution in [0.15, 0.2) is 24.6 Å². The van der Waals surface area contributed by atoms with E-state index in [4.69, 9.17) is 0 Å². The van der Waals surface area contributed by atoms with Gasteiger partial charge in [0.05, 0.1) is 0 Å². The molecule has 8 heteroatoms. The predicted octanol–water partition coefficient (Wildman–Crippen LogP) is -1.98. The average molecular weight is 258 g/mol. The Kier molecular flexibility index (Phi) is 6.47. The molecule has 6 N–H and O–H groups in total. The Morgan fingerprint density at radius 1 is 0.833 bits per heavy atom. The number of hydrogen-bond donors (Lipinski definition) is 6. The van der Waals surface area contributed by atoms with Crippen molar-refractivity contribution in [1.82, 2.24) is 21.7 Å². The minimum atomic E-state index is -1.91. The molecule has 0 aromatic heterocycles. The summed E-state index contributed by atoms with van der Waals surface area (Å²) in [5, 5.41) is 18.8. The zero-order chi connectivity index (χ0) is 14.3. The third-order valence-electron chi connectivity index (χ3n) is 1.63. The number of aliphatic hydroxyl groups excluding tert-OH is 2. The molecule has 102 valence electrons. The summed E-state index contributed by atoms with van der Waals surface area (Å²) in [5.74, 6) is -1.92. The Balaban J connectivity index is 4.26. The Labute approximate surface area is 105 Å². The summed E-state index contributed by atoms with van der Waals surface area (Å²) in [6.45, 7) is 10.0. The van der Waals surface area contributed by atoms with E-state index >= 15 is 0 Å². The molecule has 0 unspecified atom stereocenters. The average Bonchev–Trinajstić information content (AvgIpc) is 2.30. The monoisotopic (exact) mass is 258 g/mol. The van der Waals surface area contributed by atoms with Crippen LogP contribution < -0.4 is 21.7 Å². The molecule has 0 aliphatic carbocycles. The molecule has 8 nitrogen and oxygen atoms in total. The molecule has 18 heavy (non-hydrogen) atoms. The van der Waals surface area contributed by atoms with Gasteiger partial charge < -0.3 is 21.1 Å². The fourth-order valence-electron chi connectivity index (χ4n) is 0.771. The van der Waals surface area contributed by atoms with Crippen molar-refractivity contribution in [2.75, 3.05) is 0 Å². The Morgan fingerprint density at radius 2 is 1.11 bits per heavy atom. The maximum absolute atomic E-state index is 11.3. The second-order valence-corrected chi connectivity index (χ2v) is 3.68. The summed E-state index contributed by atoms with van der Waals surface area (Å²) in [4.78, 5) is 22.6. The lowest BCUT2D eigenvalue weighted by molar-refractivity contribution is -0.146. The molecule has 0 saturated heterocycles. The highest BCUT2D eigenvalue weighted by Crippen LogP contribution is 1.94. The second kappa shape index (κ2) is 7.30. The molecular weight excluding hydrogens is 240 g/mol. The minimum absolute atomic E-state index is 0.429. The Morgan fingerprint density at radius 3 is 1.33 bits per heavy atom. The zero-order valence-electron chi connectivity index (χ0n) is 10.3. The largest absolute Gasteiger partial charge is 0.380 e. The van der Waals surface area contributed by atoms with Crippen LogP contribution in [0.25, 0.3) is 0 Å². The SMILES string of the molecule is C=C(C)NNC(=O)[C@@H](O)[C@@H](O)C(=O)NNC(=C)C. The second-order valence-electron chi connectivity index (χ2n) is 3.68. The van der Waals surface area contributed by atoms with Crippen LogP contribution in [0, 0.1) is 0 Å². The number of aliphatic hydroxyl groups is 2. The van der Waals surface area contributed by atoms with Gasteiger partial charge in [-0.3, -0.25) is 20.4 Å². The van der Waals surface area contributed by atoms with Crippen molar-refractivity contribution in [3.8, 4) is 0 Å². The van der Waals surface area contributed by atoms with Crippen molar-refractivity contribution < 1.29 is 19.8 Å². The molecule has 2 amide bonds. The van der Waals surface area contributed by atoms with Gasteiger partial charge in [-0.05, 0) is 13.8 Å². The number of allylic oxidation sites excluding steroid dienone is 2. The molecule has 0 fully saturated rings. The lowest BCUT2D eigenvalue weighted by atomic mass is 10.2. The predicted molar refractivity (Wildman–Crippen MR) is 64.2 cm³/mol. The smallest absolute Gasteiger partial charge is 0.270 e. The van der Waals surface area contributed by atoms with Crippen LogP contribution in [-0.4, -0.2) is 34.2 Å². The van der Waals surface area contributed by atoms with Gasteiger partial charge in [0.15, 0.2) is 12.2 Å². The van der Waals surface area contributed by atoms with Crippen molar-refractivity contribution in [3.05, 3.63) is 24.6 Å². The number of hydrogen-bond acceptors (Lipinski definition) is 6. The molecule has 0 saturated carbocycles. The quantitative estimate of drug-likeness (QED) is 0.294. The number of carbonyl (C=O) groups is 2. The number of amides is 2. The highest BCUT2D eigenvalue weighted by molar-refractivity contribution is 5.90. The minimum Gasteiger partial charge on any atom is -0.380 e. The van der Waals surface area contributed by atoms with Crippen LogP contribution >= 0.6 is 0 Å². The van der Waals surface area contributed by atoms with Gasteiger partial charge in [-0.2, -0.15) is 0 Å². The lowest BCUT2D eigenvalue weighted by Gasteiger charge is -2.18. The van der Waals surface area contributed by atoms with E-state index in [1.54, 1.807) is 13.8 Å². The summed E-state index contributed by atoms with van der Waals surface area (Å²) in [6.07, 6.45) is -3.83. The van der Waals surface area contributed by atoms with Crippen LogP contribution in [0.5, 0.6) is 0 Å². The Bertz CT molecular complexity index is 322. The summed E-state index contributed by atoms with van der Waals surface area (Å²) in [6, 6.07) is 0. The van der Waals surface area contributed by atoms with Crippen LogP contribution in [0.3, 0.4) is 0 Å². The Hall–Kier alpha value is -2.06. The first kappa shape index (κ1) is 15.9. The highest BCUT2D eigenvalue weighted by Gasteiger charge is 2.30. The van der Waals surface area contributed by atoms with Crippen LogP contribution in [-0.2, 0) is 9.59 Å². The van der Waals surface area contributed by atoms with Crippen LogP contribution in [0.4, 0.5) is 0 Å². The van der Waals surface area contributed by atoms with Crippen molar-refractivity contribution in [1.29, 1.82) is 0 Å². The summed E-state index contributed by atoms with van der Waals surface area (Å²) in [5.41, 5.74) is 9.68. The maximum Gasteiger partial charge on any atom is 0.270 e. The molecule has 0 heterocycles. The molecule has 0 aromatic rings. The molecule has 0 aromatic carbocycles. The number of rotatable bonds is 7. The van der Waals surface area contributed by atoms with E-state index in [-0.39, 0.29) is 0 Å². The third kappa shape index (κ3) is 5.87. The van der Waals surface area contributed by atoms with Gasteiger partial charge in [-0.25, -0.2) is 0 Å². The maximum atomic E-state index is 11.3. The summed E-state index contributed by atoms with van der Waals surface area (Å²) >= 11 is 0. The fraction of sp³-hybridized carbons (Fsp3) is 0.400. The number of nitrogens with one attached hydrogen (secondary N) is 4. The van der Waals surface area contributed by atoms with Crippen molar-refractivity contribution in [2.45, 2.75) is 26.1 Å². The van der Waals surface area contributed by atoms with E-state index in [0.717, 1.165) is 0 Å². The standard InChI is InChI=1S/C10H18N4O4/c1-5(2)11-13-9(17)7(15)8(16)10(18)14-12-6(3)4/h7-8,11-12,15-16H,1,3H2,2,4H3,(H,13,17)(H,14,18)/t7-,8+. The van der Waals surface area contributed by atoms with Crippen molar-refractivity contribution >= 4 is 11.8 Å². The van der Waals surface area contributed by atoms with E-state index in [0.29, 0.717) is 11.4 Å².